The molecule has 1 aliphatic carbocycles. The molecule has 0 aromatic heterocycles. The highest BCUT2D eigenvalue weighted by Crippen LogP contribution is 2.38. The van der Waals surface area contributed by atoms with E-state index in [0.717, 1.165) is 5.56 Å². The lowest BCUT2D eigenvalue weighted by Gasteiger charge is -2.26. The van der Waals surface area contributed by atoms with Crippen molar-refractivity contribution in [2.75, 3.05) is 0 Å². The van der Waals surface area contributed by atoms with Crippen LogP contribution in [0.4, 0.5) is 8.78 Å². The Kier molecular flexibility index (Phi) is 8.26. The summed E-state index contributed by atoms with van der Waals surface area (Å²) >= 11 is 0. The lowest BCUT2D eigenvalue weighted by molar-refractivity contribution is -0.145. The molecule has 1 aliphatic rings. The van der Waals surface area contributed by atoms with Gasteiger partial charge in [0.05, 0.1) is 6.10 Å². The number of halogens is 2. The van der Waals surface area contributed by atoms with Crippen molar-refractivity contribution in [3.05, 3.63) is 35.9 Å². The van der Waals surface area contributed by atoms with Crippen molar-refractivity contribution in [2.24, 2.45) is 11.8 Å². The highest BCUT2D eigenvalue weighted by molar-refractivity contribution is 5.84. The van der Waals surface area contributed by atoms with Gasteiger partial charge >= 0.3 is 5.97 Å². The van der Waals surface area contributed by atoms with Gasteiger partial charge in [-0.2, -0.15) is 0 Å². The van der Waals surface area contributed by atoms with Gasteiger partial charge in [0.2, 0.25) is 0 Å². The maximum Gasteiger partial charge on any atom is 0.306 e. The predicted molar refractivity (Wildman–Crippen MR) is 126 cm³/mol. The molecule has 0 radical (unpaired) electrons. The van der Waals surface area contributed by atoms with E-state index in [9.17, 15) is 28.6 Å². The van der Waals surface area contributed by atoms with Gasteiger partial charge in [-0.1, -0.05) is 62.8 Å². The summed E-state index contributed by atoms with van der Waals surface area (Å²) in [7, 11) is 0. The van der Waals surface area contributed by atoms with Gasteiger partial charge in [-0.3, -0.25) is 9.59 Å². The Morgan fingerprint density at radius 2 is 1.97 bits per heavy atom. The first-order valence-corrected chi connectivity index (χ1v) is 11.9. The van der Waals surface area contributed by atoms with Crippen molar-refractivity contribution >= 4 is 11.8 Å². The number of aliphatic hydroxyl groups excluding tert-OH is 2. The van der Waals surface area contributed by atoms with E-state index in [4.69, 9.17) is 14.3 Å². The molecular weight excluding hydrogens is 442 g/mol. The number of hydrogen-bond acceptors (Lipinski definition) is 5. The summed E-state index contributed by atoms with van der Waals surface area (Å²) < 4.78 is 86.4. The lowest BCUT2D eigenvalue weighted by atomic mass is 9.84. The van der Waals surface area contributed by atoms with Gasteiger partial charge in [0.25, 0.3) is 5.92 Å². The van der Waals surface area contributed by atoms with Crippen molar-refractivity contribution in [1.82, 2.24) is 0 Å². The minimum absolute atomic E-state index is 0.129. The molecule has 0 bridgehead atoms. The standard InChI is InChI=1S/C27H40F2O5/c1-2-3-17-27(28,29)25(32)16-15-22-21(23(30)18-24(22)31)13-9-4-5-10-14-26(33)34-19-20-11-7-6-8-12-20/h6-8,11-12,21-22,24-25,31-32H,2-5,9-10,13-19H2,1H3/t21-,22-,24-,25?/m1/s1/i1D3,2D2,3D2. The second kappa shape index (κ2) is 14.5. The first-order chi connectivity index (χ1) is 18.9. The molecule has 192 valence electrons. The Hall–Kier alpha value is -1.86. The summed E-state index contributed by atoms with van der Waals surface area (Å²) in [5.74, 6) is -5.91. The molecule has 5 nitrogen and oxygen atoms in total. The fraction of sp³-hybridized carbons (Fsp3) is 0.704. The molecule has 1 unspecified atom stereocenters. The average molecular weight is 490 g/mol. The highest BCUT2D eigenvalue weighted by Gasteiger charge is 2.43. The number of aliphatic hydroxyl groups is 2. The number of Topliss-reactive ketones (excluding diaryl/α,β-unsaturated/α-hetero) is 1. The van der Waals surface area contributed by atoms with Crippen LogP contribution in [0, 0.1) is 11.8 Å². The van der Waals surface area contributed by atoms with Gasteiger partial charge in [0.1, 0.15) is 18.5 Å². The minimum atomic E-state index is -4.15. The third-order valence-electron chi connectivity index (χ3n) is 6.40. The number of unbranched alkanes of at least 4 members (excludes halogenated alkanes) is 3. The molecule has 0 aliphatic heterocycles. The maximum absolute atomic E-state index is 14.7. The first kappa shape index (κ1) is 19.3. The Balaban J connectivity index is 1.78. The second-order valence-corrected chi connectivity index (χ2v) is 8.94. The van der Waals surface area contributed by atoms with Crippen molar-refractivity contribution in [2.45, 2.75) is 109 Å². The summed E-state index contributed by atoms with van der Waals surface area (Å²) in [5, 5.41) is 20.5. The Bertz CT molecular complexity index is 992. The SMILES string of the molecule is [2H]C([2H])([2H])C([2H])([2H])C([2H])([2H])CC(F)(F)C(O)CC[C@H]1[C@H](O)CC(=O)[C@@H]1CCCCCCC(=O)OCc1ccccc1. The number of benzene rings is 1. The summed E-state index contributed by atoms with van der Waals surface area (Å²) in [6, 6.07) is 9.30. The van der Waals surface area contributed by atoms with E-state index in [2.05, 4.69) is 0 Å². The van der Waals surface area contributed by atoms with Crippen molar-refractivity contribution in [3.63, 3.8) is 0 Å². The highest BCUT2D eigenvalue weighted by atomic mass is 19.3. The largest absolute Gasteiger partial charge is 0.461 e. The molecule has 0 heterocycles. The van der Waals surface area contributed by atoms with Crippen LogP contribution in [0.3, 0.4) is 0 Å². The van der Waals surface area contributed by atoms with E-state index in [1.165, 1.54) is 0 Å². The van der Waals surface area contributed by atoms with Crippen LogP contribution in [-0.4, -0.2) is 40.1 Å². The number of ether oxygens (including phenoxy) is 1. The molecule has 0 amide bonds. The van der Waals surface area contributed by atoms with Gasteiger partial charge < -0.3 is 14.9 Å². The quantitative estimate of drug-likeness (QED) is 0.233. The summed E-state index contributed by atoms with van der Waals surface area (Å²) in [6.07, 6.45) is -9.93. The Morgan fingerprint density at radius 3 is 2.71 bits per heavy atom. The summed E-state index contributed by atoms with van der Waals surface area (Å²) in [6.45, 7) is -3.29. The van der Waals surface area contributed by atoms with Crippen molar-refractivity contribution in [1.29, 1.82) is 0 Å². The molecule has 2 N–H and O–H groups in total. The molecule has 34 heavy (non-hydrogen) atoms. The molecular formula is C27H40F2O5. The van der Waals surface area contributed by atoms with Gasteiger partial charge in [0, 0.05) is 34.8 Å². The van der Waals surface area contributed by atoms with Crippen LogP contribution in [0.2, 0.25) is 0 Å². The van der Waals surface area contributed by atoms with Crippen LogP contribution < -0.4 is 0 Å². The minimum Gasteiger partial charge on any atom is -0.461 e. The molecule has 0 saturated heterocycles. The van der Waals surface area contributed by atoms with E-state index >= 15 is 0 Å². The zero-order valence-electron chi connectivity index (χ0n) is 26.3. The van der Waals surface area contributed by atoms with Crippen molar-refractivity contribution in [3.8, 4) is 0 Å². The van der Waals surface area contributed by atoms with E-state index in [1.54, 1.807) is 0 Å². The van der Waals surface area contributed by atoms with Gasteiger partial charge in [-0.15, -0.1) is 0 Å². The molecule has 1 fully saturated rings. The number of alkyl halides is 2. The summed E-state index contributed by atoms with van der Waals surface area (Å²) in [4.78, 5) is 24.4. The van der Waals surface area contributed by atoms with Gasteiger partial charge in [0.15, 0.2) is 0 Å². The van der Waals surface area contributed by atoms with Crippen molar-refractivity contribution < 1.29 is 42.9 Å². The zero-order valence-corrected chi connectivity index (χ0v) is 19.3. The molecule has 0 spiro atoms. The van der Waals surface area contributed by atoms with Crippen LogP contribution in [0.25, 0.3) is 0 Å². The maximum atomic E-state index is 14.7. The topological polar surface area (TPSA) is 83.8 Å². The molecule has 1 aromatic rings. The number of esters is 1. The number of carbonyl (C=O) groups is 2. The van der Waals surface area contributed by atoms with E-state index in [1.807, 2.05) is 30.3 Å². The van der Waals surface area contributed by atoms with Crippen LogP contribution >= 0.6 is 0 Å². The Morgan fingerprint density at radius 1 is 1.24 bits per heavy atom. The van der Waals surface area contributed by atoms with Gasteiger partial charge in [-0.25, -0.2) is 8.78 Å². The first-order valence-electron chi connectivity index (χ1n) is 15.4. The number of carbonyl (C=O) groups excluding carboxylic acids is 2. The molecule has 2 rings (SSSR count). The van der Waals surface area contributed by atoms with Crippen LogP contribution in [0.1, 0.15) is 99.0 Å². The predicted octanol–water partition coefficient (Wildman–Crippen LogP) is 5.60. The fourth-order valence-corrected chi connectivity index (χ4v) is 4.42. The molecule has 1 aromatic carbocycles. The monoisotopic (exact) mass is 489 g/mol. The second-order valence-electron chi connectivity index (χ2n) is 8.94. The smallest absolute Gasteiger partial charge is 0.306 e. The number of hydrogen-bond donors (Lipinski definition) is 2. The van der Waals surface area contributed by atoms with Crippen LogP contribution in [0.5, 0.6) is 0 Å². The van der Waals surface area contributed by atoms with Crippen LogP contribution in [0.15, 0.2) is 30.3 Å². The third kappa shape index (κ3) is 9.41. The van der Waals surface area contributed by atoms with Gasteiger partial charge in [-0.05, 0) is 43.5 Å². The zero-order chi connectivity index (χ0) is 31.1. The number of rotatable bonds is 16. The average Bonchev–Trinajstić information content (AvgIpc) is 3.14. The summed E-state index contributed by atoms with van der Waals surface area (Å²) in [5.41, 5.74) is 0.896. The van der Waals surface area contributed by atoms with E-state index in [-0.39, 0.29) is 37.6 Å². The van der Waals surface area contributed by atoms with Crippen LogP contribution in [-0.2, 0) is 20.9 Å². The lowest BCUT2D eigenvalue weighted by Crippen LogP contribution is -2.34. The normalized spacial score (nSPS) is 25.8. The third-order valence-corrected chi connectivity index (χ3v) is 6.40. The molecule has 4 atom stereocenters. The molecule has 1 saturated carbocycles. The number of ketones is 1. The van der Waals surface area contributed by atoms with E-state index < -0.39 is 62.4 Å². The fourth-order valence-electron chi connectivity index (χ4n) is 4.42. The molecule has 7 heteroatoms. The van der Waals surface area contributed by atoms with E-state index in [0.29, 0.717) is 32.1 Å². The Labute approximate surface area is 211 Å².